The monoisotopic (exact) mass is 473 g/mol. The summed E-state index contributed by atoms with van der Waals surface area (Å²) in [5.74, 6) is 1.56. The summed E-state index contributed by atoms with van der Waals surface area (Å²) in [7, 11) is 0. The number of hydrogen-bond acceptors (Lipinski definition) is 4. The van der Waals surface area contributed by atoms with Gasteiger partial charge >= 0.3 is 0 Å². The number of nitrogens with one attached hydrogen (secondary N) is 2. The topological polar surface area (TPSA) is 54.9 Å². The Labute approximate surface area is 207 Å². The number of rotatable bonds is 5. The molecule has 0 aliphatic carbocycles. The molecule has 176 valence electrons. The Bertz CT molecular complexity index is 1250. The smallest absolute Gasteiger partial charge is 0.191 e. The van der Waals surface area contributed by atoms with Gasteiger partial charge in [0.1, 0.15) is 23.7 Å². The van der Waals surface area contributed by atoms with Crippen LogP contribution in [0.5, 0.6) is 11.5 Å². The van der Waals surface area contributed by atoms with E-state index < -0.39 is 0 Å². The molecule has 4 rings (SSSR count). The number of thiocarbonyl (C=S) groups is 1. The van der Waals surface area contributed by atoms with E-state index in [-0.39, 0.29) is 5.60 Å². The van der Waals surface area contributed by atoms with Gasteiger partial charge in [-0.25, -0.2) is 0 Å². The van der Waals surface area contributed by atoms with Crippen LogP contribution in [0.25, 0.3) is 0 Å². The van der Waals surface area contributed by atoms with Gasteiger partial charge in [0.05, 0.1) is 5.71 Å². The molecule has 1 heterocycles. The average Bonchev–Trinajstić information content (AvgIpc) is 2.78. The minimum atomic E-state index is -0.375. The molecular weight excluding hydrogens is 442 g/mol. The van der Waals surface area contributed by atoms with Gasteiger partial charge in [0, 0.05) is 17.7 Å². The Morgan fingerprint density at radius 3 is 2.59 bits per heavy atom. The van der Waals surface area contributed by atoms with Crippen molar-refractivity contribution in [2.45, 2.75) is 53.2 Å². The first kappa shape index (κ1) is 23.8. The summed E-state index contributed by atoms with van der Waals surface area (Å²) in [4.78, 5) is 0. The third-order valence-corrected chi connectivity index (χ3v) is 6.01. The molecule has 5 nitrogen and oxygen atoms in total. The number of hydrazone groups is 1. The molecule has 34 heavy (non-hydrogen) atoms. The first-order chi connectivity index (χ1) is 16.2. The van der Waals surface area contributed by atoms with Gasteiger partial charge in [-0.05, 0) is 87.8 Å². The van der Waals surface area contributed by atoms with Crippen molar-refractivity contribution in [3.63, 3.8) is 0 Å². The molecule has 0 saturated carbocycles. The summed E-state index contributed by atoms with van der Waals surface area (Å²) in [5.41, 5.74) is 10.1. The highest BCUT2D eigenvalue weighted by Gasteiger charge is 2.31. The Hall–Kier alpha value is -3.38. The van der Waals surface area contributed by atoms with Crippen molar-refractivity contribution in [2.75, 3.05) is 5.32 Å². The lowest BCUT2D eigenvalue weighted by atomic mass is 9.92. The molecule has 0 radical (unpaired) electrons. The quantitative estimate of drug-likeness (QED) is 0.330. The lowest BCUT2D eigenvalue weighted by molar-refractivity contribution is 0.111. The van der Waals surface area contributed by atoms with Gasteiger partial charge in [-0.2, -0.15) is 5.10 Å². The Kier molecular flexibility index (Phi) is 6.89. The Balaban J connectivity index is 1.52. The van der Waals surface area contributed by atoms with E-state index in [2.05, 4.69) is 74.7 Å². The zero-order valence-electron chi connectivity index (χ0n) is 20.4. The second kappa shape index (κ2) is 9.85. The Morgan fingerprint density at radius 1 is 1.03 bits per heavy atom. The molecule has 2 N–H and O–H groups in total. The minimum absolute atomic E-state index is 0.375. The third kappa shape index (κ3) is 5.75. The molecule has 0 atom stereocenters. The largest absolute Gasteiger partial charge is 0.489 e. The second-order valence-corrected chi connectivity index (χ2v) is 9.76. The maximum absolute atomic E-state index is 6.20. The predicted molar refractivity (Wildman–Crippen MR) is 143 cm³/mol. The molecule has 0 unspecified atom stereocenters. The highest BCUT2D eigenvalue weighted by Crippen LogP contribution is 2.35. The maximum Gasteiger partial charge on any atom is 0.191 e. The zero-order chi connectivity index (χ0) is 24.3. The summed E-state index contributed by atoms with van der Waals surface area (Å²) in [6, 6.07) is 20.3. The number of benzene rings is 3. The van der Waals surface area contributed by atoms with E-state index in [0.717, 1.165) is 39.6 Å². The van der Waals surface area contributed by atoms with Crippen LogP contribution < -0.4 is 20.2 Å². The van der Waals surface area contributed by atoms with Crippen molar-refractivity contribution in [1.29, 1.82) is 0 Å². The molecule has 1 aliphatic rings. The van der Waals surface area contributed by atoms with Crippen molar-refractivity contribution >= 4 is 28.7 Å². The molecule has 0 spiro atoms. The first-order valence-corrected chi connectivity index (χ1v) is 11.8. The molecule has 0 saturated heterocycles. The molecule has 3 aromatic rings. The summed E-state index contributed by atoms with van der Waals surface area (Å²) >= 11 is 5.50. The van der Waals surface area contributed by atoms with Crippen molar-refractivity contribution in [1.82, 2.24) is 5.43 Å². The van der Waals surface area contributed by atoms with Crippen LogP contribution in [-0.2, 0) is 6.61 Å². The van der Waals surface area contributed by atoms with Crippen LogP contribution in [0.3, 0.4) is 0 Å². The Morgan fingerprint density at radius 2 is 1.82 bits per heavy atom. The lowest BCUT2D eigenvalue weighted by Crippen LogP contribution is -2.37. The molecule has 0 fully saturated rings. The number of aryl methyl sites for hydroxylation is 3. The normalized spacial score (nSPS) is 15.3. The van der Waals surface area contributed by atoms with E-state index in [9.17, 15) is 0 Å². The fourth-order valence-electron chi connectivity index (χ4n) is 4.00. The minimum Gasteiger partial charge on any atom is -0.489 e. The number of fused-ring (bicyclic) bond motifs is 1. The van der Waals surface area contributed by atoms with E-state index in [4.69, 9.17) is 21.7 Å². The van der Waals surface area contributed by atoms with Crippen LogP contribution in [0.15, 0.2) is 65.8 Å². The summed E-state index contributed by atoms with van der Waals surface area (Å²) in [6.45, 7) is 10.8. The van der Waals surface area contributed by atoms with Crippen molar-refractivity contribution in [3.8, 4) is 11.5 Å². The fourth-order valence-corrected chi connectivity index (χ4v) is 4.16. The second-order valence-electron chi connectivity index (χ2n) is 9.35. The summed E-state index contributed by atoms with van der Waals surface area (Å²) in [6.07, 6.45) is 0.639. The standard InChI is InChI=1S/C28H31N3O2S/c1-18-10-12-24(20(3)14-18)29-27(34)31-30-25-16-28(4,5)33-26-13-11-22(15-23(25)26)32-17-21-9-7-6-8-19(21)2/h6-15H,16-17H2,1-5H3,(H2,29,31,34)/b30-25-. The van der Waals surface area contributed by atoms with Crippen molar-refractivity contribution < 1.29 is 9.47 Å². The highest BCUT2D eigenvalue weighted by atomic mass is 32.1. The maximum atomic E-state index is 6.20. The van der Waals surface area contributed by atoms with Crippen LogP contribution >= 0.6 is 12.2 Å². The molecule has 3 aromatic carbocycles. The third-order valence-electron chi connectivity index (χ3n) is 5.82. The van der Waals surface area contributed by atoms with E-state index >= 15 is 0 Å². The molecule has 0 amide bonds. The van der Waals surface area contributed by atoms with Crippen LogP contribution in [0.4, 0.5) is 5.69 Å². The summed E-state index contributed by atoms with van der Waals surface area (Å²) < 4.78 is 12.3. The molecule has 0 aromatic heterocycles. The number of ether oxygens (including phenoxy) is 2. The van der Waals surface area contributed by atoms with Crippen LogP contribution in [0.2, 0.25) is 0 Å². The lowest BCUT2D eigenvalue weighted by Gasteiger charge is -2.33. The highest BCUT2D eigenvalue weighted by molar-refractivity contribution is 7.80. The van der Waals surface area contributed by atoms with Gasteiger partial charge in [0.25, 0.3) is 0 Å². The van der Waals surface area contributed by atoms with E-state index in [1.807, 2.05) is 36.4 Å². The molecule has 1 aliphatic heterocycles. The first-order valence-electron chi connectivity index (χ1n) is 11.4. The van der Waals surface area contributed by atoms with E-state index in [0.29, 0.717) is 18.1 Å². The SMILES string of the molecule is Cc1ccc(NC(=S)N/N=C2/CC(C)(C)Oc3ccc(OCc4ccccc4C)cc32)c(C)c1. The fraction of sp³-hybridized carbons (Fsp3) is 0.286. The molecule has 6 heteroatoms. The zero-order valence-corrected chi connectivity index (χ0v) is 21.2. The van der Waals surface area contributed by atoms with Gasteiger partial charge in [0.15, 0.2) is 5.11 Å². The van der Waals surface area contributed by atoms with Crippen LogP contribution in [-0.4, -0.2) is 16.4 Å². The molecular formula is C28H31N3O2S. The van der Waals surface area contributed by atoms with Crippen molar-refractivity contribution in [3.05, 3.63) is 88.5 Å². The number of hydrogen-bond donors (Lipinski definition) is 2. The van der Waals surface area contributed by atoms with Crippen molar-refractivity contribution in [2.24, 2.45) is 5.10 Å². The number of anilines is 1. The summed E-state index contributed by atoms with van der Waals surface area (Å²) in [5, 5.41) is 8.34. The van der Waals surface area contributed by atoms with Gasteiger partial charge in [-0.1, -0.05) is 42.0 Å². The van der Waals surface area contributed by atoms with Gasteiger partial charge in [-0.3, -0.25) is 5.43 Å². The van der Waals surface area contributed by atoms with Gasteiger partial charge in [0.2, 0.25) is 0 Å². The van der Waals surface area contributed by atoms with E-state index in [1.165, 1.54) is 11.1 Å². The molecule has 0 bridgehead atoms. The van der Waals surface area contributed by atoms with Crippen LogP contribution in [0.1, 0.15) is 48.1 Å². The van der Waals surface area contributed by atoms with Crippen LogP contribution in [0, 0.1) is 20.8 Å². The number of nitrogens with zero attached hydrogens (tertiary/aromatic N) is 1. The van der Waals surface area contributed by atoms with Gasteiger partial charge in [-0.15, -0.1) is 0 Å². The average molecular weight is 474 g/mol. The predicted octanol–water partition coefficient (Wildman–Crippen LogP) is 6.44. The van der Waals surface area contributed by atoms with Gasteiger partial charge < -0.3 is 14.8 Å². The van der Waals surface area contributed by atoms with E-state index in [1.54, 1.807) is 0 Å².